The van der Waals surface area contributed by atoms with Crippen molar-refractivity contribution in [1.82, 2.24) is 14.0 Å². The summed E-state index contributed by atoms with van der Waals surface area (Å²) in [5.41, 5.74) is 3.70. The highest BCUT2D eigenvalue weighted by molar-refractivity contribution is 6.31. The highest BCUT2D eigenvalue weighted by Gasteiger charge is 2.49. The van der Waals surface area contributed by atoms with E-state index in [1.165, 1.54) is 5.56 Å². The molecule has 1 aliphatic heterocycles. The van der Waals surface area contributed by atoms with Gasteiger partial charge >= 0.3 is 11.7 Å². The van der Waals surface area contributed by atoms with Gasteiger partial charge in [0.2, 0.25) is 5.91 Å². The number of aromatic nitrogens is 2. The third-order valence-electron chi connectivity index (χ3n) is 8.37. The molecule has 4 aromatic rings. The number of nitrogens with zero attached hydrogens (tertiary/aromatic N) is 3. The van der Waals surface area contributed by atoms with Crippen molar-refractivity contribution in [2.75, 3.05) is 13.1 Å². The van der Waals surface area contributed by atoms with Crippen molar-refractivity contribution in [3.63, 3.8) is 0 Å². The molecule has 2 heterocycles. The maximum atomic E-state index is 14.1. The maximum Gasteiger partial charge on any atom is 0.335 e. The van der Waals surface area contributed by atoms with Gasteiger partial charge in [0.05, 0.1) is 27.8 Å². The van der Waals surface area contributed by atoms with Gasteiger partial charge in [-0.25, -0.2) is 9.59 Å². The Labute approximate surface area is 231 Å². The van der Waals surface area contributed by atoms with Crippen LogP contribution < -0.4 is 5.69 Å². The van der Waals surface area contributed by atoms with Crippen molar-refractivity contribution >= 4 is 34.5 Å². The predicted octanol–water partition coefficient (Wildman–Crippen LogP) is 5.80. The summed E-state index contributed by atoms with van der Waals surface area (Å²) in [7, 11) is 0. The zero-order valence-corrected chi connectivity index (χ0v) is 22.5. The number of hydrogen-bond acceptors (Lipinski definition) is 3. The number of fused-ring (bicyclic) bond motifs is 1. The average Bonchev–Trinajstić information content (AvgIpc) is 3.70. The van der Waals surface area contributed by atoms with Gasteiger partial charge in [0.1, 0.15) is 0 Å². The Morgan fingerprint density at radius 1 is 0.974 bits per heavy atom. The highest BCUT2D eigenvalue weighted by Crippen LogP contribution is 2.50. The number of rotatable bonds is 6. The minimum atomic E-state index is -0.989. The number of carboxylic acid groups (broad SMARTS) is 1. The first kappa shape index (κ1) is 25.4. The number of carbonyl (C=O) groups is 2. The largest absolute Gasteiger partial charge is 0.478 e. The molecule has 0 bridgehead atoms. The van der Waals surface area contributed by atoms with Crippen molar-refractivity contribution in [3.8, 4) is 5.69 Å². The Bertz CT molecular complexity index is 1640. The molecule has 7 nitrogen and oxygen atoms in total. The van der Waals surface area contributed by atoms with Crippen LogP contribution in [0.1, 0.15) is 66.4 Å². The van der Waals surface area contributed by atoms with E-state index in [1.54, 1.807) is 28.8 Å². The van der Waals surface area contributed by atoms with Gasteiger partial charge in [-0.2, -0.15) is 0 Å². The van der Waals surface area contributed by atoms with Crippen LogP contribution in [0, 0.1) is 0 Å². The number of aromatic carboxylic acids is 1. The van der Waals surface area contributed by atoms with Crippen LogP contribution in [0.4, 0.5) is 0 Å². The van der Waals surface area contributed by atoms with Crippen LogP contribution in [0.5, 0.6) is 0 Å². The van der Waals surface area contributed by atoms with Crippen molar-refractivity contribution in [2.24, 2.45) is 0 Å². The van der Waals surface area contributed by atoms with Crippen molar-refractivity contribution < 1.29 is 14.7 Å². The Hall–Kier alpha value is -3.84. The van der Waals surface area contributed by atoms with E-state index >= 15 is 0 Å². The SMILES string of the molecule is CCC(=O)N1CCC(c2ccc(-n3c(=O)n(C4(c5cccc(C(=O)O)c5)CC4)c4ccc(Cl)cc43)cc2)CC1. The summed E-state index contributed by atoms with van der Waals surface area (Å²) in [5.74, 6) is -0.401. The average molecular weight is 544 g/mol. The van der Waals surface area contributed by atoms with E-state index in [0.717, 1.165) is 55.5 Å². The van der Waals surface area contributed by atoms with E-state index < -0.39 is 11.5 Å². The summed E-state index contributed by atoms with van der Waals surface area (Å²) in [6.45, 7) is 3.45. The monoisotopic (exact) mass is 543 g/mol. The van der Waals surface area contributed by atoms with Crippen molar-refractivity contribution in [3.05, 3.63) is 98.9 Å². The molecule has 2 fully saturated rings. The van der Waals surface area contributed by atoms with Crippen LogP contribution in [-0.4, -0.2) is 44.1 Å². The van der Waals surface area contributed by atoms with Crippen LogP contribution in [0.25, 0.3) is 16.7 Å². The van der Waals surface area contributed by atoms with E-state index in [2.05, 4.69) is 12.1 Å². The van der Waals surface area contributed by atoms with Crippen LogP contribution in [0.2, 0.25) is 5.02 Å². The molecular weight excluding hydrogens is 514 g/mol. The standard InChI is InChI=1S/C31H30ClN3O4/c1-2-28(36)33-16-12-21(13-17-33)20-6-9-25(10-7-20)34-27-19-24(32)8-11-26(27)35(30(34)39)31(14-15-31)23-5-3-4-22(18-23)29(37)38/h3-11,18-19,21H,2,12-17H2,1H3,(H,37,38). The molecule has 0 atom stereocenters. The van der Waals surface area contributed by atoms with Gasteiger partial charge in [0.15, 0.2) is 0 Å². The van der Waals surface area contributed by atoms with Crippen LogP contribution >= 0.6 is 11.6 Å². The lowest BCUT2D eigenvalue weighted by Crippen LogP contribution is -2.37. The second kappa shape index (κ2) is 9.72. The molecule has 1 saturated heterocycles. The highest BCUT2D eigenvalue weighted by atomic mass is 35.5. The van der Waals surface area contributed by atoms with Crippen LogP contribution in [-0.2, 0) is 10.3 Å². The number of likely N-dealkylation sites (tertiary alicyclic amines) is 1. The topological polar surface area (TPSA) is 84.5 Å². The summed E-state index contributed by atoms with van der Waals surface area (Å²) in [4.78, 5) is 39.8. The lowest BCUT2D eigenvalue weighted by Gasteiger charge is -2.32. The molecule has 1 aliphatic carbocycles. The fourth-order valence-corrected chi connectivity index (χ4v) is 6.28. The first-order chi connectivity index (χ1) is 18.8. The molecular formula is C31H30ClN3O4. The molecule has 6 rings (SSSR count). The molecule has 0 unspecified atom stereocenters. The minimum absolute atomic E-state index is 0.176. The number of amides is 1. The van der Waals surface area contributed by atoms with E-state index in [-0.39, 0.29) is 17.2 Å². The number of hydrogen-bond donors (Lipinski definition) is 1. The van der Waals surface area contributed by atoms with Crippen molar-refractivity contribution in [2.45, 2.75) is 50.5 Å². The zero-order chi connectivity index (χ0) is 27.3. The molecule has 1 amide bonds. The summed E-state index contributed by atoms with van der Waals surface area (Å²) >= 11 is 6.40. The number of piperidine rings is 1. The van der Waals surface area contributed by atoms with Gasteiger partial charge in [0.25, 0.3) is 0 Å². The number of halogens is 1. The molecule has 39 heavy (non-hydrogen) atoms. The van der Waals surface area contributed by atoms with Gasteiger partial charge in [-0.3, -0.25) is 13.9 Å². The Morgan fingerprint density at radius 3 is 2.33 bits per heavy atom. The Kier molecular flexibility index (Phi) is 6.34. The van der Waals surface area contributed by atoms with Gasteiger partial charge < -0.3 is 10.0 Å². The molecule has 0 radical (unpaired) electrons. The van der Waals surface area contributed by atoms with Crippen LogP contribution in [0.3, 0.4) is 0 Å². The number of imidazole rings is 1. The molecule has 2 aliphatic rings. The molecule has 1 aromatic heterocycles. The third kappa shape index (κ3) is 4.35. The van der Waals surface area contributed by atoms with Gasteiger partial charge in [0, 0.05) is 24.5 Å². The van der Waals surface area contributed by atoms with Crippen molar-refractivity contribution in [1.29, 1.82) is 0 Å². The minimum Gasteiger partial charge on any atom is -0.478 e. The quantitative estimate of drug-likeness (QED) is 0.333. The van der Waals surface area contributed by atoms with E-state index in [1.807, 2.05) is 46.7 Å². The fourth-order valence-electron chi connectivity index (χ4n) is 6.12. The van der Waals surface area contributed by atoms with Crippen LogP contribution in [0.15, 0.2) is 71.5 Å². The second-order valence-electron chi connectivity index (χ2n) is 10.6. The number of benzene rings is 3. The first-order valence-electron chi connectivity index (χ1n) is 13.5. The predicted molar refractivity (Wildman–Crippen MR) is 151 cm³/mol. The lowest BCUT2D eigenvalue weighted by molar-refractivity contribution is -0.131. The summed E-state index contributed by atoms with van der Waals surface area (Å²) < 4.78 is 3.52. The summed E-state index contributed by atoms with van der Waals surface area (Å²) in [6.07, 6.45) is 3.89. The van der Waals surface area contributed by atoms with Gasteiger partial charge in [-0.05, 0) is 85.2 Å². The number of carboxylic acids is 1. The molecule has 3 aromatic carbocycles. The van der Waals surface area contributed by atoms with Gasteiger partial charge in [-0.1, -0.05) is 42.8 Å². The van der Waals surface area contributed by atoms with E-state index in [4.69, 9.17) is 11.6 Å². The number of carbonyl (C=O) groups excluding carboxylic acids is 1. The Balaban J connectivity index is 1.39. The van der Waals surface area contributed by atoms with E-state index in [9.17, 15) is 19.5 Å². The second-order valence-corrected chi connectivity index (χ2v) is 11.0. The first-order valence-corrected chi connectivity index (χ1v) is 13.9. The van der Waals surface area contributed by atoms with E-state index in [0.29, 0.717) is 22.9 Å². The molecule has 1 saturated carbocycles. The molecule has 1 N–H and O–H groups in total. The lowest BCUT2D eigenvalue weighted by atomic mass is 9.89. The summed E-state index contributed by atoms with van der Waals surface area (Å²) in [6, 6.07) is 20.5. The molecule has 0 spiro atoms. The molecule has 200 valence electrons. The Morgan fingerprint density at radius 2 is 1.69 bits per heavy atom. The zero-order valence-electron chi connectivity index (χ0n) is 21.8. The van der Waals surface area contributed by atoms with Gasteiger partial charge in [-0.15, -0.1) is 0 Å². The smallest absolute Gasteiger partial charge is 0.335 e. The molecule has 8 heteroatoms. The summed E-state index contributed by atoms with van der Waals surface area (Å²) in [5, 5.41) is 10.1. The maximum absolute atomic E-state index is 14.1. The normalized spacial score (nSPS) is 16.9. The fraction of sp³-hybridized carbons (Fsp3) is 0.323. The third-order valence-corrected chi connectivity index (χ3v) is 8.61.